The van der Waals surface area contributed by atoms with Gasteiger partial charge >= 0.3 is 0 Å². The third-order valence-corrected chi connectivity index (χ3v) is 5.75. The molecule has 1 amide bonds. The summed E-state index contributed by atoms with van der Waals surface area (Å²) in [5, 5.41) is 16.5. The number of benzene rings is 2. The lowest BCUT2D eigenvalue weighted by atomic mass is 10.1. The van der Waals surface area contributed by atoms with E-state index in [1.807, 2.05) is 49.4 Å². The largest absolute Gasteiger partial charge is 0.506 e. The van der Waals surface area contributed by atoms with Gasteiger partial charge in [-0.05, 0) is 50.1 Å². The molecule has 7 nitrogen and oxygen atoms in total. The molecule has 1 heterocycles. The number of carbonyl (C=O) groups is 1. The molecule has 1 aliphatic rings. The number of hydrogen-bond acceptors (Lipinski definition) is 4. The monoisotopic (exact) mass is 565 g/mol. The van der Waals surface area contributed by atoms with Crippen molar-refractivity contribution in [3.8, 4) is 5.75 Å². The maximum Gasteiger partial charge on any atom is 0.251 e. The van der Waals surface area contributed by atoms with Crippen molar-refractivity contribution in [3.63, 3.8) is 0 Å². The number of hydrogen-bond donors (Lipinski definition) is 3. The number of nitrogens with zero attached hydrogens (tertiary/aromatic N) is 3. The molecule has 33 heavy (non-hydrogen) atoms. The lowest BCUT2D eigenvalue weighted by Gasteiger charge is -2.37. The van der Waals surface area contributed by atoms with Crippen LogP contribution in [0.25, 0.3) is 0 Å². The van der Waals surface area contributed by atoms with Crippen molar-refractivity contribution in [1.82, 2.24) is 15.5 Å². The van der Waals surface area contributed by atoms with Crippen LogP contribution >= 0.6 is 24.0 Å². The number of halogens is 1. The van der Waals surface area contributed by atoms with Gasteiger partial charge in [0.2, 0.25) is 0 Å². The van der Waals surface area contributed by atoms with Crippen LogP contribution in [0.1, 0.15) is 43.1 Å². The molecule has 2 aromatic rings. The molecule has 0 bridgehead atoms. The highest BCUT2D eigenvalue weighted by Crippen LogP contribution is 2.27. The molecule has 0 aliphatic carbocycles. The summed E-state index contributed by atoms with van der Waals surface area (Å²) >= 11 is 0. The molecule has 0 aromatic heterocycles. The molecular weight excluding hydrogens is 529 g/mol. The van der Waals surface area contributed by atoms with Crippen LogP contribution in [0.15, 0.2) is 53.5 Å². The van der Waals surface area contributed by atoms with E-state index in [2.05, 4.69) is 34.3 Å². The molecule has 0 saturated carbocycles. The van der Waals surface area contributed by atoms with Crippen molar-refractivity contribution in [2.45, 2.75) is 39.8 Å². The Morgan fingerprint density at radius 2 is 1.73 bits per heavy atom. The number of phenolic OH excluding ortho intramolecular Hbond substituents is 1. The molecule has 2 aromatic carbocycles. The van der Waals surface area contributed by atoms with Crippen LogP contribution in [0.2, 0.25) is 0 Å². The van der Waals surface area contributed by atoms with Gasteiger partial charge in [0.25, 0.3) is 5.91 Å². The van der Waals surface area contributed by atoms with Crippen LogP contribution in [0.3, 0.4) is 0 Å². The fourth-order valence-corrected chi connectivity index (χ4v) is 3.65. The van der Waals surface area contributed by atoms with Crippen LogP contribution in [-0.4, -0.2) is 60.6 Å². The van der Waals surface area contributed by atoms with Gasteiger partial charge in [-0.2, -0.15) is 0 Å². The summed E-state index contributed by atoms with van der Waals surface area (Å²) in [6.45, 7) is 10.8. The Hall–Kier alpha value is -2.49. The van der Waals surface area contributed by atoms with Gasteiger partial charge in [0, 0.05) is 44.3 Å². The van der Waals surface area contributed by atoms with E-state index in [0.29, 0.717) is 17.9 Å². The maximum atomic E-state index is 12.3. The Balaban J connectivity index is 0.00000385. The highest BCUT2D eigenvalue weighted by molar-refractivity contribution is 14.0. The van der Waals surface area contributed by atoms with Crippen LogP contribution in [0.5, 0.6) is 5.75 Å². The molecule has 180 valence electrons. The minimum Gasteiger partial charge on any atom is -0.506 e. The number of aromatic hydroxyl groups is 1. The number of para-hydroxylation sites is 2. The van der Waals surface area contributed by atoms with Gasteiger partial charge in [-0.25, -0.2) is 4.99 Å². The number of carbonyl (C=O) groups excluding carboxylic acids is 1. The zero-order valence-corrected chi connectivity index (χ0v) is 22.1. The van der Waals surface area contributed by atoms with E-state index in [0.717, 1.165) is 56.4 Å². The van der Waals surface area contributed by atoms with Gasteiger partial charge < -0.3 is 25.5 Å². The molecule has 3 rings (SSSR count). The zero-order chi connectivity index (χ0) is 22.9. The quantitative estimate of drug-likeness (QED) is 0.270. The van der Waals surface area contributed by atoms with Crippen molar-refractivity contribution in [2.75, 3.05) is 37.6 Å². The van der Waals surface area contributed by atoms with Gasteiger partial charge in [0.15, 0.2) is 5.96 Å². The van der Waals surface area contributed by atoms with Gasteiger partial charge in [-0.15, -0.1) is 24.0 Å². The standard InChI is InChI=1S/C25H35N5O2.HI/c1-4-19(3)28-24(32)21-12-10-20(11-13-21)18-27-25(26-5-2)30-16-14-29(15-17-30)22-8-6-7-9-23(22)31;/h6-13,19,31H,4-5,14-18H2,1-3H3,(H,26,27)(H,28,32);1H. The molecule has 1 fully saturated rings. The summed E-state index contributed by atoms with van der Waals surface area (Å²) in [6, 6.07) is 15.3. The smallest absolute Gasteiger partial charge is 0.251 e. The van der Waals surface area contributed by atoms with Gasteiger partial charge in [0.1, 0.15) is 5.75 Å². The van der Waals surface area contributed by atoms with Crippen molar-refractivity contribution in [2.24, 2.45) is 4.99 Å². The second kappa shape index (κ2) is 13.3. The fourth-order valence-electron chi connectivity index (χ4n) is 3.65. The fraction of sp³-hybridized carbons (Fsp3) is 0.440. The molecule has 0 spiro atoms. The number of phenols is 1. The van der Waals surface area contributed by atoms with Crippen LogP contribution in [0.4, 0.5) is 5.69 Å². The van der Waals surface area contributed by atoms with Crippen molar-refractivity contribution >= 4 is 41.5 Å². The third-order valence-electron chi connectivity index (χ3n) is 5.75. The highest BCUT2D eigenvalue weighted by Gasteiger charge is 2.21. The first-order chi connectivity index (χ1) is 15.5. The average Bonchev–Trinajstić information content (AvgIpc) is 2.82. The predicted octanol–water partition coefficient (Wildman–Crippen LogP) is 3.83. The SMILES string of the molecule is CCNC(=NCc1ccc(C(=O)NC(C)CC)cc1)N1CCN(c2ccccc2O)CC1.I. The number of guanidine groups is 1. The minimum absolute atomic E-state index is 0. The van der Waals surface area contributed by atoms with E-state index in [1.165, 1.54) is 0 Å². The lowest BCUT2D eigenvalue weighted by Crippen LogP contribution is -2.52. The third kappa shape index (κ3) is 7.52. The van der Waals surface area contributed by atoms with E-state index in [4.69, 9.17) is 4.99 Å². The van der Waals surface area contributed by atoms with E-state index in [1.54, 1.807) is 6.07 Å². The van der Waals surface area contributed by atoms with E-state index in [9.17, 15) is 9.90 Å². The van der Waals surface area contributed by atoms with Gasteiger partial charge in [0.05, 0.1) is 12.2 Å². The molecule has 1 saturated heterocycles. The molecule has 1 aliphatic heterocycles. The summed E-state index contributed by atoms with van der Waals surface area (Å²) in [7, 11) is 0. The molecule has 3 N–H and O–H groups in total. The topological polar surface area (TPSA) is 80.2 Å². The number of amides is 1. The zero-order valence-electron chi connectivity index (χ0n) is 19.8. The normalized spacial score (nSPS) is 14.9. The van der Waals surface area contributed by atoms with Crippen LogP contribution < -0.4 is 15.5 Å². The summed E-state index contributed by atoms with van der Waals surface area (Å²) < 4.78 is 0. The Labute approximate surface area is 214 Å². The van der Waals surface area contributed by atoms with E-state index >= 15 is 0 Å². The van der Waals surface area contributed by atoms with Crippen molar-refractivity contribution < 1.29 is 9.90 Å². The molecule has 0 radical (unpaired) electrons. The number of aliphatic imine (C=N–C) groups is 1. The first-order valence-corrected chi connectivity index (χ1v) is 11.5. The van der Waals surface area contributed by atoms with E-state index in [-0.39, 0.29) is 35.9 Å². The van der Waals surface area contributed by atoms with Crippen molar-refractivity contribution in [3.05, 3.63) is 59.7 Å². The molecule has 1 atom stereocenters. The number of piperazine rings is 1. The lowest BCUT2D eigenvalue weighted by molar-refractivity contribution is 0.0939. The van der Waals surface area contributed by atoms with Crippen LogP contribution in [-0.2, 0) is 6.54 Å². The summed E-state index contributed by atoms with van der Waals surface area (Å²) in [5.74, 6) is 1.18. The minimum atomic E-state index is -0.0370. The predicted molar refractivity (Wildman–Crippen MR) is 146 cm³/mol. The Morgan fingerprint density at radius 1 is 1.06 bits per heavy atom. The molecule has 1 unspecified atom stereocenters. The van der Waals surface area contributed by atoms with E-state index < -0.39 is 0 Å². The molecular formula is C25H36IN5O2. The second-order valence-corrected chi connectivity index (χ2v) is 8.11. The van der Waals surface area contributed by atoms with Crippen molar-refractivity contribution in [1.29, 1.82) is 0 Å². The average molecular weight is 566 g/mol. The Kier molecular flexibility index (Phi) is 10.8. The summed E-state index contributed by atoms with van der Waals surface area (Å²) in [4.78, 5) is 21.5. The first-order valence-electron chi connectivity index (χ1n) is 11.5. The number of anilines is 1. The highest BCUT2D eigenvalue weighted by atomic mass is 127. The van der Waals surface area contributed by atoms with Gasteiger partial charge in [-0.1, -0.05) is 31.2 Å². The Bertz CT molecular complexity index is 911. The first kappa shape index (κ1) is 26.8. The number of rotatable bonds is 7. The second-order valence-electron chi connectivity index (χ2n) is 8.11. The maximum absolute atomic E-state index is 12.3. The summed E-state index contributed by atoms with van der Waals surface area (Å²) in [6.07, 6.45) is 0.909. The molecule has 8 heteroatoms. The summed E-state index contributed by atoms with van der Waals surface area (Å²) in [5.41, 5.74) is 2.62. The van der Waals surface area contributed by atoms with Crippen LogP contribution in [0, 0.1) is 0 Å². The van der Waals surface area contributed by atoms with Gasteiger partial charge in [-0.3, -0.25) is 4.79 Å². The number of nitrogens with one attached hydrogen (secondary N) is 2. The Morgan fingerprint density at radius 3 is 2.33 bits per heavy atom.